The summed E-state index contributed by atoms with van der Waals surface area (Å²) in [7, 11) is 0. The molecule has 0 aliphatic carbocycles. The first kappa shape index (κ1) is 15.8. The van der Waals surface area contributed by atoms with Crippen LogP contribution in [0.3, 0.4) is 0 Å². The van der Waals surface area contributed by atoms with Gasteiger partial charge < -0.3 is 15.4 Å². The number of nitrogens with two attached hydrogens (primary N) is 1. The predicted octanol–water partition coefficient (Wildman–Crippen LogP) is 2.26. The van der Waals surface area contributed by atoms with Crippen molar-refractivity contribution in [2.45, 2.75) is 19.4 Å². The zero-order valence-electron chi connectivity index (χ0n) is 13.2. The lowest BCUT2D eigenvalue weighted by atomic mass is 10.1. The zero-order valence-corrected chi connectivity index (χ0v) is 13.2. The first-order chi connectivity index (χ1) is 11.6. The fourth-order valence-corrected chi connectivity index (χ4v) is 2.74. The molecule has 0 fully saturated rings. The van der Waals surface area contributed by atoms with Gasteiger partial charge in [-0.2, -0.15) is 0 Å². The molecule has 1 heterocycles. The van der Waals surface area contributed by atoms with Gasteiger partial charge in [0, 0.05) is 13.0 Å². The quantitative estimate of drug-likeness (QED) is 0.730. The molecule has 24 heavy (non-hydrogen) atoms. The van der Waals surface area contributed by atoms with Crippen molar-refractivity contribution in [1.82, 2.24) is 9.55 Å². The number of phenolic OH excluding ortho intramolecular Hbond substituents is 1. The van der Waals surface area contributed by atoms with E-state index in [2.05, 4.69) is 4.98 Å². The van der Waals surface area contributed by atoms with Gasteiger partial charge in [0.2, 0.25) is 5.91 Å². The molecular weight excluding hydrogens is 302 g/mol. The zero-order chi connectivity index (χ0) is 16.9. The molecule has 0 unspecified atom stereocenters. The highest BCUT2D eigenvalue weighted by Crippen LogP contribution is 2.17. The third-order valence-corrected chi connectivity index (χ3v) is 3.85. The molecule has 1 aromatic heterocycles. The van der Waals surface area contributed by atoms with Gasteiger partial charge in [-0.15, -0.1) is 0 Å². The summed E-state index contributed by atoms with van der Waals surface area (Å²) >= 11 is 0. The first-order valence-corrected chi connectivity index (χ1v) is 7.75. The van der Waals surface area contributed by atoms with E-state index in [0.717, 1.165) is 22.5 Å². The van der Waals surface area contributed by atoms with Crippen LogP contribution in [0.4, 0.5) is 0 Å². The molecule has 3 N–H and O–H groups in total. The molecule has 5 heteroatoms. The molecule has 0 aliphatic rings. The lowest BCUT2D eigenvalue weighted by Crippen LogP contribution is -2.18. The lowest BCUT2D eigenvalue weighted by molar-refractivity contribution is -0.117. The van der Waals surface area contributed by atoms with Gasteiger partial charge in [0.1, 0.15) is 5.75 Å². The average Bonchev–Trinajstić information content (AvgIpc) is 2.90. The van der Waals surface area contributed by atoms with Crippen molar-refractivity contribution in [1.29, 1.82) is 0 Å². The van der Waals surface area contributed by atoms with Gasteiger partial charge in [-0.25, -0.2) is 4.98 Å². The van der Waals surface area contributed by atoms with Crippen LogP contribution in [0.5, 0.6) is 5.75 Å². The Morgan fingerprint density at radius 1 is 1.08 bits per heavy atom. The number of aromatic hydroxyl groups is 1. The number of imidazole rings is 1. The molecule has 0 aliphatic heterocycles. The minimum Gasteiger partial charge on any atom is -0.508 e. The van der Waals surface area contributed by atoms with Gasteiger partial charge in [-0.3, -0.25) is 4.79 Å². The van der Waals surface area contributed by atoms with Crippen LogP contribution in [-0.4, -0.2) is 20.6 Å². The van der Waals surface area contributed by atoms with Crippen molar-refractivity contribution in [3.8, 4) is 5.75 Å². The van der Waals surface area contributed by atoms with E-state index in [-0.39, 0.29) is 18.1 Å². The van der Waals surface area contributed by atoms with Gasteiger partial charge >= 0.3 is 0 Å². The molecule has 0 atom stereocenters. The van der Waals surface area contributed by atoms with Crippen molar-refractivity contribution in [2.24, 2.45) is 5.73 Å². The van der Waals surface area contributed by atoms with Crippen molar-refractivity contribution in [3.63, 3.8) is 0 Å². The van der Waals surface area contributed by atoms with E-state index in [1.165, 1.54) is 0 Å². The smallest absolute Gasteiger partial charge is 0.223 e. The number of carbonyl (C=O) groups is 1. The number of carbonyl (C=O) groups excluding carboxylic acids is 1. The summed E-state index contributed by atoms with van der Waals surface area (Å²) in [5, 5.41) is 9.61. The van der Waals surface area contributed by atoms with Gasteiger partial charge in [0.15, 0.2) is 0 Å². The maximum absolute atomic E-state index is 11.5. The summed E-state index contributed by atoms with van der Waals surface area (Å²) in [5.74, 6) is -0.171. The monoisotopic (exact) mass is 321 g/mol. The molecule has 0 saturated heterocycles. The van der Waals surface area contributed by atoms with Gasteiger partial charge in [-0.05, 0) is 23.3 Å². The topological polar surface area (TPSA) is 81.1 Å². The Morgan fingerprint density at radius 3 is 2.54 bits per heavy atom. The van der Waals surface area contributed by atoms with Gasteiger partial charge in [0.05, 0.1) is 24.1 Å². The number of hydrogen-bond donors (Lipinski definition) is 2. The largest absolute Gasteiger partial charge is 0.508 e. The molecule has 2 aromatic carbocycles. The third kappa shape index (κ3) is 3.81. The summed E-state index contributed by atoms with van der Waals surface area (Å²) in [5.41, 5.74) is 9.14. The van der Waals surface area contributed by atoms with Crippen LogP contribution in [0.1, 0.15) is 22.5 Å². The molecule has 0 radical (unpaired) electrons. The molecule has 3 rings (SSSR count). The Hall–Kier alpha value is -3.08. The minimum absolute atomic E-state index is 0.140. The van der Waals surface area contributed by atoms with Crippen LogP contribution >= 0.6 is 0 Å². The Balaban J connectivity index is 1.90. The highest BCUT2D eigenvalue weighted by atomic mass is 16.3. The van der Waals surface area contributed by atoms with E-state index in [4.69, 9.17) is 5.73 Å². The Morgan fingerprint density at radius 2 is 1.83 bits per heavy atom. The van der Waals surface area contributed by atoms with Crippen LogP contribution in [0.25, 0.3) is 0 Å². The van der Waals surface area contributed by atoms with E-state index in [1.54, 1.807) is 24.5 Å². The highest BCUT2D eigenvalue weighted by molar-refractivity contribution is 5.76. The van der Waals surface area contributed by atoms with Gasteiger partial charge in [0.25, 0.3) is 0 Å². The number of phenols is 1. The number of nitrogens with zero attached hydrogens (tertiary/aromatic N) is 2. The van der Waals surface area contributed by atoms with E-state index in [1.807, 2.05) is 41.0 Å². The van der Waals surface area contributed by atoms with Crippen molar-refractivity contribution < 1.29 is 9.90 Å². The van der Waals surface area contributed by atoms with E-state index < -0.39 is 0 Å². The van der Waals surface area contributed by atoms with Gasteiger partial charge in [-0.1, -0.05) is 42.5 Å². The normalized spacial score (nSPS) is 10.7. The standard InChI is InChI=1S/C19H19N3O2/c20-19(24)11-18-17(10-14-5-2-1-3-6-14)21-13-22(18)12-15-7-4-8-16(23)9-15/h1-9,13,23H,10-12H2,(H2,20,24). The third-order valence-electron chi connectivity index (χ3n) is 3.85. The number of primary amides is 1. The van der Waals surface area contributed by atoms with E-state index in [9.17, 15) is 9.90 Å². The maximum atomic E-state index is 11.5. The number of amides is 1. The summed E-state index contributed by atoms with van der Waals surface area (Å²) in [6.07, 6.45) is 2.51. The Bertz CT molecular complexity index is 841. The van der Waals surface area contributed by atoms with Crippen molar-refractivity contribution in [3.05, 3.63) is 83.4 Å². The Labute approximate surface area is 140 Å². The van der Waals surface area contributed by atoms with Crippen molar-refractivity contribution in [2.75, 3.05) is 0 Å². The maximum Gasteiger partial charge on any atom is 0.223 e. The molecule has 0 saturated carbocycles. The number of hydrogen-bond acceptors (Lipinski definition) is 3. The molecule has 0 spiro atoms. The van der Waals surface area contributed by atoms with E-state index in [0.29, 0.717) is 13.0 Å². The molecular formula is C19H19N3O2. The molecule has 122 valence electrons. The first-order valence-electron chi connectivity index (χ1n) is 7.75. The highest BCUT2D eigenvalue weighted by Gasteiger charge is 2.14. The summed E-state index contributed by atoms with van der Waals surface area (Å²) < 4.78 is 1.91. The number of rotatable bonds is 6. The SMILES string of the molecule is NC(=O)Cc1c(Cc2ccccc2)ncn1Cc1cccc(O)c1. The Kier molecular flexibility index (Phi) is 4.61. The predicted molar refractivity (Wildman–Crippen MR) is 91.6 cm³/mol. The second-order valence-electron chi connectivity index (χ2n) is 5.74. The molecule has 1 amide bonds. The number of benzene rings is 2. The fourth-order valence-electron chi connectivity index (χ4n) is 2.74. The minimum atomic E-state index is -0.387. The second-order valence-corrected chi connectivity index (χ2v) is 5.74. The van der Waals surface area contributed by atoms with Crippen LogP contribution in [0.15, 0.2) is 60.9 Å². The average molecular weight is 321 g/mol. The fraction of sp³-hybridized carbons (Fsp3) is 0.158. The summed E-state index contributed by atoms with van der Waals surface area (Å²) in [6.45, 7) is 0.527. The summed E-state index contributed by atoms with van der Waals surface area (Å²) in [4.78, 5) is 15.9. The molecule has 0 bridgehead atoms. The lowest BCUT2D eigenvalue weighted by Gasteiger charge is -2.09. The molecule has 5 nitrogen and oxygen atoms in total. The van der Waals surface area contributed by atoms with Crippen molar-refractivity contribution >= 4 is 5.91 Å². The van der Waals surface area contributed by atoms with E-state index >= 15 is 0 Å². The second kappa shape index (κ2) is 7.00. The van der Waals surface area contributed by atoms with Crippen LogP contribution in [0.2, 0.25) is 0 Å². The molecule has 3 aromatic rings. The van der Waals surface area contributed by atoms with Crippen LogP contribution < -0.4 is 5.73 Å². The summed E-state index contributed by atoms with van der Waals surface area (Å²) in [6, 6.07) is 17.0. The van der Waals surface area contributed by atoms with Crippen LogP contribution in [0, 0.1) is 0 Å². The number of aromatic nitrogens is 2. The van der Waals surface area contributed by atoms with Crippen LogP contribution in [-0.2, 0) is 24.2 Å².